The number of carbonyl (C=O) groups is 14. The molecule has 0 unspecified atom stereocenters. The van der Waals surface area contributed by atoms with Gasteiger partial charge >= 0.3 is 83.6 Å². The lowest BCUT2D eigenvalue weighted by molar-refractivity contribution is -0.159. The summed E-state index contributed by atoms with van der Waals surface area (Å²) in [5.74, 6) is -25.5. The van der Waals surface area contributed by atoms with E-state index in [2.05, 4.69) is 0 Å². The Morgan fingerprint density at radius 3 is 0.186 bits per heavy atom. The molecule has 43 heavy (non-hydrogen) atoms. The van der Waals surface area contributed by atoms with Crippen LogP contribution in [-0.4, -0.2) is 155 Å². The topological polar surface area (TPSA) is 522 Å². The van der Waals surface area contributed by atoms with Crippen molar-refractivity contribution in [3.63, 3.8) is 0 Å². The van der Waals surface area contributed by atoms with Gasteiger partial charge in [0, 0.05) is 0 Å². The van der Waals surface area contributed by atoms with Crippen LogP contribution < -0.4 is 0 Å². The van der Waals surface area contributed by atoms with E-state index in [0.29, 0.717) is 0 Å². The number of aliphatic carboxylic acids is 14. The lowest BCUT2D eigenvalue weighted by Gasteiger charge is -1.72. The summed E-state index contributed by atoms with van der Waals surface area (Å²) in [5, 5.41) is 103. The van der Waals surface area contributed by atoms with Crippen LogP contribution in [0.2, 0.25) is 0 Å². The molecule has 0 aromatic rings. The van der Waals surface area contributed by atoms with E-state index in [9.17, 15) is 0 Å². The number of hydrogen-bond acceptors (Lipinski definition) is 14. The normalized spacial score (nSPS) is 7.16. The maximum Gasteiger partial charge on any atom is 0.414 e. The summed E-state index contributed by atoms with van der Waals surface area (Å²) < 4.78 is 0. The highest BCUT2D eigenvalue weighted by Gasteiger charge is 2.06. The molecule has 0 saturated heterocycles. The van der Waals surface area contributed by atoms with Gasteiger partial charge in [-0.2, -0.15) is 0 Å². The fourth-order valence-corrected chi connectivity index (χ4v) is 0. The van der Waals surface area contributed by atoms with Crippen LogP contribution in [0.1, 0.15) is 0 Å². The molecule has 0 fully saturated rings. The van der Waals surface area contributed by atoms with Gasteiger partial charge in [-0.15, -0.1) is 12.4 Å². The molecule has 14 N–H and O–H groups in total. The second-order valence-corrected chi connectivity index (χ2v) is 4.27. The van der Waals surface area contributed by atoms with Crippen LogP contribution in [0.25, 0.3) is 0 Å². The Bertz CT molecular complexity index is 744. The van der Waals surface area contributed by atoms with E-state index < -0.39 is 83.6 Å². The first kappa shape index (κ1) is 56.2. The number of rotatable bonds is 0. The van der Waals surface area contributed by atoms with Crippen molar-refractivity contribution in [1.29, 1.82) is 0 Å². The quantitative estimate of drug-likeness (QED) is 0.107. The van der Waals surface area contributed by atoms with E-state index >= 15 is 0 Å². The summed E-state index contributed by atoms with van der Waals surface area (Å²) >= 11 is 0. The zero-order valence-electron chi connectivity index (χ0n) is 19.4. The monoisotopic (exact) mass is 666 g/mol. The van der Waals surface area contributed by atoms with Gasteiger partial charge in [-0.25, -0.2) is 67.1 Å². The molecular formula is C14H15ClO28. The summed E-state index contributed by atoms with van der Waals surface area (Å²) in [7, 11) is 0. The minimum Gasteiger partial charge on any atom is -0.473 e. The van der Waals surface area contributed by atoms with Crippen LogP contribution >= 0.6 is 12.4 Å². The Kier molecular flexibility index (Phi) is 43.0. The maximum absolute atomic E-state index is 9.10. The minimum absolute atomic E-state index is 0. The van der Waals surface area contributed by atoms with Crippen LogP contribution in [0.3, 0.4) is 0 Å². The molecule has 0 heterocycles. The molecule has 0 rings (SSSR count). The van der Waals surface area contributed by atoms with Crippen molar-refractivity contribution in [3.05, 3.63) is 0 Å². The third-order valence-corrected chi connectivity index (χ3v) is 1.28. The van der Waals surface area contributed by atoms with Gasteiger partial charge in [0.05, 0.1) is 0 Å². The highest BCUT2D eigenvalue weighted by Crippen LogP contribution is 1.59. The van der Waals surface area contributed by atoms with Crippen LogP contribution in [0, 0.1) is 0 Å². The van der Waals surface area contributed by atoms with Crippen molar-refractivity contribution in [2.24, 2.45) is 0 Å². The Hall–Kier alpha value is -7.13. The Labute approximate surface area is 235 Å². The molecule has 0 bridgehead atoms. The van der Waals surface area contributed by atoms with Crippen LogP contribution in [0.5, 0.6) is 0 Å². The van der Waals surface area contributed by atoms with Gasteiger partial charge in [0.1, 0.15) is 0 Å². The smallest absolute Gasteiger partial charge is 0.414 e. The zero-order valence-corrected chi connectivity index (χ0v) is 20.2. The van der Waals surface area contributed by atoms with Gasteiger partial charge in [-0.05, 0) is 0 Å². The molecule has 0 radical (unpaired) electrons. The SMILES string of the molecule is Cl.O=C(O)C(=O)O.O=C(O)C(=O)O.O=C(O)C(=O)O.O=C(O)C(=O)O.O=C(O)C(=O)O.O=C(O)C(=O)O.O=C(O)C(=O)O. The molecule has 0 aliphatic rings. The Morgan fingerprint density at radius 2 is 0.186 bits per heavy atom. The molecule has 29 heteroatoms. The van der Waals surface area contributed by atoms with E-state index in [1.807, 2.05) is 0 Å². The molecule has 0 atom stereocenters. The van der Waals surface area contributed by atoms with Gasteiger partial charge < -0.3 is 71.5 Å². The second-order valence-electron chi connectivity index (χ2n) is 4.27. The summed E-state index contributed by atoms with van der Waals surface area (Å²) in [6.45, 7) is 0. The van der Waals surface area contributed by atoms with Crippen LogP contribution in [-0.2, 0) is 67.1 Å². The summed E-state index contributed by atoms with van der Waals surface area (Å²) in [6.07, 6.45) is 0. The number of carboxylic acids is 14. The van der Waals surface area contributed by atoms with Crippen LogP contribution in [0.15, 0.2) is 0 Å². The third kappa shape index (κ3) is 86.5. The van der Waals surface area contributed by atoms with Crippen molar-refractivity contribution in [2.75, 3.05) is 0 Å². The van der Waals surface area contributed by atoms with E-state index in [4.69, 9.17) is 139 Å². The van der Waals surface area contributed by atoms with Gasteiger partial charge in [0.25, 0.3) is 0 Å². The number of carboxylic acid groups (broad SMARTS) is 14. The standard InChI is InChI=1S/7C2H2O4.ClH/c7*3-1(4)2(5)6;/h7*(H,3,4)(H,5,6);1H. The first-order chi connectivity index (χ1) is 18.5. The van der Waals surface area contributed by atoms with Gasteiger partial charge in [0.2, 0.25) is 0 Å². The van der Waals surface area contributed by atoms with Crippen molar-refractivity contribution >= 4 is 96.0 Å². The molecule has 0 aromatic carbocycles. The minimum atomic E-state index is -1.82. The third-order valence-electron chi connectivity index (χ3n) is 1.28. The summed E-state index contributed by atoms with van der Waals surface area (Å²) in [4.78, 5) is 127. The van der Waals surface area contributed by atoms with Crippen molar-refractivity contribution < 1.29 is 139 Å². The zero-order chi connectivity index (χ0) is 36.1. The van der Waals surface area contributed by atoms with Gasteiger partial charge in [0.15, 0.2) is 0 Å². The second kappa shape index (κ2) is 32.9. The number of hydrogen-bond donors (Lipinski definition) is 14. The fraction of sp³-hybridized carbons (Fsp3) is 0. The van der Waals surface area contributed by atoms with Crippen molar-refractivity contribution in [3.8, 4) is 0 Å². The lowest BCUT2D eigenvalue weighted by atomic mass is 10.7. The van der Waals surface area contributed by atoms with Gasteiger partial charge in [-0.3, -0.25) is 0 Å². The predicted octanol–water partition coefficient (Wildman–Crippen LogP) is -5.49. The summed E-state index contributed by atoms with van der Waals surface area (Å²) in [6, 6.07) is 0. The highest BCUT2D eigenvalue weighted by molar-refractivity contribution is 6.29. The predicted molar refractivity (Wildman–Crippen MR) is 114 cm³/mol. The van der Waals surface area contributed by atoms with E-state index in [1.165, 1.54) is 0 Å². The molecule has 0 aliphatic carbocycles. The molecule has 0 aromatic heterocycles. The largest absolute Gasteiger partial charge is 0.473 e. The molecule has 0 aliphatic heterocycles. The number of halogens is 1. The van der Waals surface area contributed by atoms with E-state index in [1.54, 1.807) is 0 Å². The average molecular weight is 667 g/mol. The molecule has 246 valence electrons. The Morgan fingerprint density at radius 1 is 0.163 bits per heavy atom. The van der Waals surface area contributed by atoms with Crippen LogP contribution in [0.4, 0.5) is 0 Å². The van der Waals surface area contributed by atoms with Gasteiger partial charge in [-0.1, -0.05) is 0 Å². The van der Waals surface area contributed by atoms with Crippen molar-refractivity contribution in [2.45, 2.75) is 0 Å². The van der Waals surface area contributed by atoms with E-state index in [-0.39, 0.29) is 12.4 Å². The van der Waals surface area contributed by atoms with E-state index in [0.717, 1.165) is 0 Å². The Balaban J connectivity index is -0.0000000552. The average Bonchev–Trinajstić information content (AvgIpc) is 2.80. The first-order valence-electron chi connectivity index (χ1n) is 7.74. The molecule has 0 saturated carbocycles. The maximum atomic E-state index is 9.10. The molecular weight excluding hydrogens is 652 g/mol. The molecule has 28 nitrogen and oxygen atoms in total. The highest BCUT2D eigenvalue weighted by atomic mass is 35.5. The first-order valence-corrected chi connectivity index (χ1v) is 7.74. The lowest BCUT2D eigenvalue weighted by Crippen LogP contribution is -2.09. The summed E-state index contributed by atoms with van der Waals surface area (Å²) in [5.41, 5.74) is 0. The molecule has 0 spiro atoms. The molecule has 0 amide bonds. The van der Waals surface area contributed by atoms with Crippen molar-refractivity contribution in [1.82, 2.24) is 0 Å². The fourth-order valence-electron chi connectivity index (χ4n) is 0.